The molecule has 0 amide bonds. The Morgan fingerprint density at radius 2 is 1.74 bits per heavy atom. The Bertz CT molecular complexity index is 1020. The van der Waals surface area contributed by atoms with Gasteiger partial charge >= 0.3 is 17.8 Å². The van der Waals surface area contributed by atoms with E-state index >= 15 is 0 Å². The van der Waals surface area contributed by atoms with Gasteiger partial charge < -0.3 is 9.15 Å². The Morgan fingerprint density at radius 1 is 1.04 bits per heavy atom. The van der Waals surface area contributed by atoms with Crippen LogP contribution in [0.4, 0.5) is 13.2 Å². The fourth-order valence-electron chi connectivity index (χ4n) is 2.71. The lowest BCUT2D eigenvalue weighted by Gasteiger charge is -2.12. The first-order valence-electron chi connectivity index (χ1n) is 8.21. The van der Waals surface area contributed by atoms with Crippen LogP contribution in [0.2, 0.25) is 0 Å². The van der Waals surface area contributed by atoms with Gasteiger partial charge in [-0.05, 0) is 36.1 Å². The molecule has 0 unspecified atom stereocenters. The summed E-state index contributed by atoms with van der Waals surface area (Å²) in [4.78, 5) is 23.9. The van der Waals surface area contributed by atoms with E-state index in [0.717, 1.165) is 17.5 Å². The summed E-state index contributed by atoms with van der Waals surface area (Å²) in [6.45, 7) is -0.0957. The molecule has 27 heavy (non-hydrogen) atoms. The largest absolute Gasteiger partial charge is 0.462 e. The summed E-state index contributed by atoms with van der Waals surface area (Å²) in [6.07, 6.45) is -4.01. The molecule has 0 saturated carbocycles. The Kier molecular flexibility index (Phi) is 5.30. The van der Waals surface area contributed by atoms with E-state index in [1.807, 2.05) is 0 Å². The van der Waals surface area contributed by atoms with Gasteiger partial charge in [0.2, 0.25) is 0 Å². The predicted molar refractivity (Wildman–Crippen MR) is 92.5 cm³/mol. The molecule has 0 bridgehead atoms. The van der Waals surface area contributed by atoms with Crippen LogP contribution in [0.5, 0.6) is 0 Å². The van der Waals surface area contributed by atoms with Gasteiger partial charge in [0.25, 0.3) is 0 Å². The second-order valence-corrected chi connectivity index (χ2v) is 5.87. The van der Waals surface area contributed by atoms with Crippen LogP contribution in [0.25, 0.3) is 10.8 Å². The number of carbonyl (C=O) groups excluding carboxylic acids is 1. The minimum absolute atomic E-state index is 0.0957. The molecule has 3 rings (SSSR count). The number of hydrogen-bond donors (Lipinski definition) is 0. The van der Waals surface area contributed by atoms with Crippen molar-refractivity contribution in [1.82, 2.24) is 0 Å². The van der Waals surface area contributed by atoms with E-state index < -0.39 is 28.9 Å². The molecule has 0 radical (unpaired) electrons. The number of aryl methyl sites for hydroxylation is 1. The molecule has 140 valence electrons. The molecule has 3 aromatic rings. The third kappa shape index (κ3) is 4.36. The number of benzene rings is 2. The molecule has 0 aliphatic rings. The van der Waals surface area contributed by atoms with Gasteiger partial charge in [-0.1, -0.05) is 30.3 Å². The van der Waals surface area contributed by atoms with Crippen LogP contribution in [-0.4, -0.2) is 12.6 Å². The molecule has 7 heteroatoms. The first-order valence-corrected chi connectivity index (χ1v) is 8.21. The molecule has 0 spiro atoms. The fourth-order valence-corrected chi connectivity index (χ4v) is 2.71. The maximum Gasteiger partial charge on any atom is 0.417 e. The Balaban J connectivity index is 1.61. The number of alkyl halides is 3. The molecular formula is C20H15F3O4. The van der Waals surface area contributed by atoms with Gasteiger partial charge in [0.15, 0.2) is 0 Å². The van der Waals surface area contributed by atoms with Gasteiger partial charge in [-0.25, -0.2) is 9.59 Å². The molecule has 1 aromatic heterocycles. The zero-order chi connectivity index (χ0) is 19.4. The molecule has 0 aliphatic carbocycles. The van der Waals surface area contributed by atoms with Crippen molar-refractivity contribution in [3.8, 4) is 0 Å². The SMILES string of the molecule is O=C(OCCCc1cc2ccccc2c(=O)o1)c1ccccc1C(F)(F)F. The normalized spacial score (nSPS) is 11.5. The van der Waals surface area contributed by atoms with E-state index in [9.17, 15) is 22.8 Å². The smallest absolute Gasteiger partial charge is 0.417 e. The molecular weight excluding hydrogens is 361 g/mol. The van der Waals surface area contributed by atoms with Gasteiger partial charge in [0.1, 0.15) is 5.76 Å². The Hall–Kier alpha value is -3.09. The van der Waals surface area contributed by atoms with E-state index in [2.05, 4.69) is 0 Å². The monoisotopic (exact) mass is 376 g/mol. The topological polar surface area (TPSA) is 56.5 Å². The van der Waals surface area contributed by atoms with Crippen molar-refractivity contribution < 1.29 is 27.1 Å². The lowest BCUT2D eigenvalue weighted by atomic mass is 10.1. The number of fused-ring (bicyclic) bond motifs is 1. The predicted octanol–water partition coefficient (Wildman–Crippen LogP) is 4.60. The third-order valence-electron chi connectivity index (χ3n) is 3.97. The van der Waals surface area contributed by atoms with Gasteiger partial charge in [0.05, 0.1) is 23.1 Å². The molecule has 0 atom stereocenters. The van der Waals surface area contributed by atoms with E-state index in [1.165, 1.54) is 12.1 Å². The summed E-state index contributed by atoms with van der Waals surface area (Å²) in [5.41, 5.74) is -2.02. The van der Waals surface area contributed by atoms with Gasteiger partial charge in [-0.3, -0.25) is 0 Å². The van der Waals surface area contributed by atoms with Crippen LogP contribution < -0.4 is 5.63 Å². The maximum absolute atomic E-state index is 12.9. The highest BCUT2D eigenvalue weighted by atomic mass is 19.4. The van der Waals surface area contributed by atoms with Gasteiger partial charge in [-0.15, -0.1) is 0 Å². The van der Waals surface area contributed by atoms with Crippen LogP contribution >= 0.6 is 0 Å². The molecule has 0 aliphatic heterocycles. The highest BCUT2D eigenvalue weighted by Gasteiger charge is 2.35. The van der Waals surface area contributed by atoms with Crippen molar-refractivity contribution in [3.05, 3.63) is 81.9 Å². The zero-order valence-corrected chi connectivity index (χ0v) is 14.1. The second kappa shape index (κ2) is 7.65. The summed E-state index contributed by atoms with van der Waals surface area (Å²) in [7, 11) is 0. The fraction of sp³-hybridized carbons (Fsp3) is 0.200. The van der Waals surface area contributed by atoms with Crippen molar-refractivity contribution in [2.24, 2.45) is 0 Å². The van der Waals surface area contributed by atoms with Crippen LogP contribution in [0.3, 0.4) is 0 Å². The summed E-state index contributed by atoms with van der Waals surface area (Å²) in [5, 5.41) is 1.20. The Morgan fingerprint density at radius 3 is 2.52 bits per heavy atom. The number of ether oxygens (including phenoxy) is 1. The zero-order valence-electron chi connectivity index (χ0n) is 14.1. The summed E-state index contributed by atoms with van der Waals surface area (Å²) in [5.74, 6) is -0.617. The summed E-state index contributed by atoms with van der Waals surface area (Å²) < 4.78 is 48.9. The molecule has 0 N–H and O–H groups in total. The van der Waals surface area contributed by atoms with Crippen molar-refractivity contribution in [2.45, 2.75) is 19.0 Å². The standard InChI is InChI=1S/C20H15F3O4/c21-20(22,23)17-10-4-3-9-16(17)18(24)26-11-5-7-14-12-13-6-1-2-8-15(13)19(25)27-14/h1-4,6,8-10,12H,5,7,11H2. The average molecular weight is 376 g/mol. The number of halogens is 3. The van der Waals surface area contributed by atoms with Crippen LogP contribution in [-0.2, 0) is 17.3 Å². The van der Waals surface area contributed by atoms with E-state index in [4.69, 9.17) is 9.15 Å². The minimum Gasteiger partial charge on any atom is -0.462 e. The highest BCUT2D eigenvalue weighted by Crippen LogP contribution is 2.32. The maximum atomic E-state index is 12.9. The lowest BCUT2D eigenvalue weighted by Crippen LogP contribution is -2.15. The van der Waals surface area contributed by atoms with Crippen molar-refractivity contribution in [2.75, 3.05) is 6.61 Å². The van der Waals surface area contributed by atoms with Crippen LogP contribution in [0.1, 0.15) is 28.1 Å². The summed E-state index contributed by atoms with van der Waals surface area (Å²) >= 11 is 0. The van der Waals surface area contributed by atoms with E-state index in [-0.39, 0.29) is 6.61 Å². The van der Waals surface area contributed by atoms with Crippen molar-refractivity contribution in [1.29, 1.82) is 0 Å². The van der Waals surface area contributed by atoms with Gasteiger partial charge in [-0.2, -0.15) is 13.2 Å². The quantitative estimate of drug-likeness (QED) is 0.482. The number of carbonyl (C=O) groups is 1. The first-order chi connectivity index (χ1) is 12.9. The highest BCUT2D eigenvalue weighted by molar-refractivity contribution is 5.91. The van der Waals surface area contributed by atoms with Crippen molar-refractivity contribution in [3.63, 3.8) is 0 Å². The summed E-state index contributed by atoms with van der Waals surface area (Å²) in [6, 6.07) is 13.2. The molecule has 4 nitrogen and oxygen atoms in total. The van der Waals surface area contributed by atoms with Crippen LogP contribution in [0, 0.1) is 0 Å². The molecule has 2 aromatic carbocycles. The van der Waals surface area contributed by atoms with Crippen molar-refractivity contribution >= 4 is 16.7 Å². The van der Waals surface area contributed by atoms with E-state index in [1.54, 1.807) is 30.3 Å². The first kappa shape index (κ1) is 18.7. The molecule has 0 saturated heterocycles. The number of hydrogen-bond acceptors (Lipinski definition) is 4. The third-order valence-corrected chi connectivity index (χ3v) is 3.97. The number of rotatable bonds is 5. The molecule has 0 fully saturated rings. The average Bonchev–Trinajstić information content (AvgIpc) is 2.64. The molecule has 1 heterocycles. The van der Waals surface area contributed by atoms with Crippen LogP contribution in [0.15, 0.2) is 63.8 Å². The Labute approximate surface area is 152 Å². The number of esters is 1. The van der Waals surface area contributed by atoms with Gasteiger partial charge in [0, 0.05) is 6.42 Å². The second-order valence-electron chi connectivity index (χ2n) is 5.87. The minimum atomic E-state index is -4.63. The lowest BCUT2D eigenvalue weighted by molar-refractivity contribution is -0.138. The van der Waals surface area contributed by atoms with E-state index in [0.29, 0.717) is 24.0 Å².